The molecule has 0 spiro atoms. The van der Waals surface area contributed by atoms with Crippen molar-refractivity contribution in [2.24, 2.45) is 0 Å². The summed E-state index contributed by atoms with van der Waals surface area (Å²) in [4.78, 5) is 0. The minimum absolute atomic E-state index is 0.844. The van der Waals surface area contributed by atoms with Crippen LogP contribution in [0.3, 0.4) is 0 Å². The van der Waals surface area contributed by atoms with E-state index >= 15 is 0 Å². The molecule has 0 amide bonds. The van der Waals surface area contributed by atoms with Gasteiger partial charge < -0.3 is 13.3 Å². The lowest BCUT2D eigenvalue weighted by Crippen LogP contribution is -2.47. The molecule has 0 saturated heterocycles. The highest BCUT2D eigenvalue weighted by Gasteiger charge is 2.38. The van der Waals surface area contributed by atoms with E-state index in [-0.39, 0.29) is 0 Å². The van der Waals surface area contributed by atoms with Gasteiger partial charge in [0, 0.05) is 26.5 Å². The van der Waals surface area contributed by atoms with E-state index in [4.69, 9.17) is 13.3 Å². The summed E-state index contributed by atoms with van der Waals surface area (Å²) in [6.45, 7) is 9.01. The summed E-state index contributed by atoms with van der Waals surface area (Å²) >= 11 is 0. The summed E-state index contributed by atoms with van der Waals surface area (Å²) < 4.78 is 16.8. The quantitative estimate of drug-likeness (QED) is 0.620. The molecule has 0 atom stereocenters. The van der Waals surface area contributed by atoms with Gasteiger partial charge >= 0.3 is 8.80 Å². The van der Waals surface area contributed by atoms with Crippen molar-refractivity contribution in [1.29, 1.82) is 0 Å². The SMILES string of the molecule is CCC[Si](C)(C)CO[Si](CC)(OC)OC. The predicted octanol–water partition coefficient (Wildman–Crippen LogP) is 2.91. The predicted molar refractivity (Wildman–Crippen MR) is 68.8 cm³/mol. The van der Waals surface area contributed by atoms with Crippen molar-refractivity contribution in [3.8, 4) is 0 Å². The maximum absolute atomic E-state index is 5.95. The van der Waals surface area contributed by atoms with Gasteiger partial charge in [-0.1, -0.05) is 39.4 Å². The Hall–Kier alpha value is 0.314. The highest BCUT2D eigenvalue weighted by molar-refractivity contribution is 6.78. The summed E-state index contributed by atoms with van der Waals surface area (Å²) in [6.07, 6.45) is 2.09. The summed E-state index contributed by atoms with van der Waals surface area (Å²) in [5.41, 5.74) is 0. The fourth-order valence-corrected chi connectivity index (χ4v) is 6.77. The van der Waals surface area contributed by atoms with Gasteiger partial charge in [0.15, 0.2) is 0 Å². The molecule has 0 unspecified atom stereocenters. The molecule has 15 heavy (non-hydrogen) atoms. The second-order valence-electron chi connectivity index (χ2n) is 4.65. The van der Waals surface area contributed by atoms with Gasteiger partial charge in [-0.05, 0) is 0 Å². The van der Waals surface area contributed by atoms with Crippen LogP contribution in [0.25, 0.3) is 0 Å². The van der Waals surface area contributed by atoms with Gasteiger partial charge in [-0.3, -0.25) is 0 Å². The Morgan fingerprint density at radius 1 is 1.00 bits per heavy atom. The van der Waals surface area contributed by atoms with Gasteiger partial charge in [0.25, 0.3) is 0 Å². The highest BCUT2D eigenvalue weighted by Crippen LogP contribution is 2.18. The van der Waals surface area contributed by atoms with E-state index in [1.54, 1.807) is 14.2 Å². The molecule has 0 aromatic rings. The van der Waals surface area contributed by atoms with Crippen molar-refractivity contribution >= 4 is 16.9 Å². The van der Waals surface area contributed by atoms with Gasteiger partial charge in [0.1, 0.15) is 0 Å². The van der Waals surface area contributed by atoms with Crippen molar-refractivity contribution in [2.45, 2.75) is 45.5 Å². The Morgan fingerprint density at radius 2 is 1.53 bits per heavy atom. The van der Waals surface area contributed by atoms with Crippen LogP contribution in [0, 0.1) is 0 Å². The Morgan fingerprint density at radius 3 is 1.87 bits per heavy atom. The molecule has 0 fully saturated rings. The fourth-order valence-electron chi connectivity index (χ4n) is 1.65. The largest absolute Gasteiger partial charge is 0.499 e. The minimum Gasteiger partial charge on any atom is -0.377 e. The first-order chi connectivity index (χ1) is 6.95. The van der Waals surface area contributed by atoms with Crippen LogP contribution in [-0.2, 0) is 13.3 Å². The van der Waals surface area contributed by atoms with Crippen LogP contribution in [0.4, 0.5) is 0 Å². The maximum atomic E-state index is 5.95. The van der Waals surface area contributed by atoms with Crippen molar-refractivity contribution < 1.29 is 13.3 Å². The lowest BCUT2D eigenvalue weighted by atomic mass is 10.6. The third kappa shape index (κ3) is 5.26. The van der Waals surface area contributed by atoms with E-state index < -0.39 is 16.9 Å². The molecule has 0 heterocycles. The second-order valence-corrected chi connectivity index (χ2v) is 12.9. The zero-order chi connectivity index (χ0) is 11.9. The molecule has 0 aliphatic rings. The monoisotopic (exact) mass is 250 g/mol. The van der Waals surface area contributed by atoms with E-state index in [2.05, 4.69) is 26.9 Å². The van der Waals surface area contributed by atoms with Crippen molar-refractivity contribution in [3.05, 3.63) is 0 Å². The summed E-state index contributed by atoms with van der Waals surface area (Å²) in [5.74, 6) is 0. The highest BCUT2D eigenvalue weighted by atomic mass is 28.4. The first-order valence-electron chi connectivity index (χ1n) is 5.69. The third-order valence-corrected chi connectivity index (χ3v) is 8.43. The molecule has 0 rings (SSSR count). The zero-order valence-corrected chi connectivity index (χ0v) is 13.1. The topological polar surface area (TPSA) is 27.7 Å². The fraction of sp³-hybridized carbons (Fsp3) is 1.00. The van der Waals surface area contributed by atoms with E-state index in [9.17, 15) is 0 Å². The summed E-state index contributed by atoms with van der Waals surface area (Å²) in [6, 6.07) is 2.14. The van der Waals surface area contributed by atoms with Crippen LogP contribution < -0.4 is 0 Å². The van der Waals surface area contributed by atoms with Gasteiger partial charge in [-0.2, -0.15) is 0 Å². The number of hydrogen-bond acceptors (Lipinski definition) is 3. The maximum Gasteiger partial charge on any atom is 0.499 e. The van der Waals surface area contributed by atoms with Crippen LogP contribution in [0.5, 0.6) is 0 Å². The average Bonchev–Trinajstić information content (AvgIpc) is 2.21. The molecular formula is C10H26O3Si2. The normalized spacial score (nSPS) is 13.2. The summed E-state index contributed by atoms with van der Waals surface area (Å²) in [7, 11) is -0.155. The Bertz CT molecular complexity index is 162. The summed E-state index contributed by atoms with van der Waals surface area (Å²) in [5, 5.41) is 0. The Balaban J connectivity index is 4.20. The van der Waals surface area contributed by atoms with Crippen LogP contribution in [0.1, 0.15) is 20.3 Å². The van der Waals surface area contributed by atoms with Crippen molar-refractivity contribution in [1.82, 2.24) is 0 Å². The van der Waals surface area contributed by atoms with Crippen molar-refractivity contribution in [2.75, 3.05) is 20.4 Å². The van der Waals surface area contributed by atoms with Crippen LogP contribution in [0.2, 0.25) is 25.2 Å². The Kier molecular flexibility index (Phi) is 6.94. The van der Waals surface area contributed by atoms with Crippen molar-refractivity contribution in [3.63, 3.8) is 0 Å². The molecule has 0 aliphatic carbocycles. The third-order valence-electron chi connectivity index (χ3n) is 2.66. The molecule has 5 heteroatoms. The molecule has 0 radical (unpaired) electrons. The molecule has 0 aromatic heterocycles. The molecule has 0 saturated carbocycles. The van der Waals surface area contributed by atoms with Gasteiger partial charge in [0.05, 0.1) is 8.07 Å². The number of rotatable bonds is 8. The first-order valence-corrected chi connectivity index (χ1v) is 11.0. The smallest absolute Gasteiger partial charge is 0.377 e. The molecule has 0 aromatic carbocycles. The average molecular weight is 250 g/mol. The van der Waals surface area contributed by atoms with E-state index in [0.717, 1.165) is 12.3 Å². The molecular weight excluding hydrogens is 224 g/mol. The van der Waals surface area contributed by atoms with Gasteiger partial charge in [-0.15, -0.1) is 0 Å². The van der Waals surface area contributed by atoms with Crippen LogP contribution in [0.15, 0.2) is 0 Å². The minimum atomic E-state index is -2.32. The van der Waals surface area contributed by atoms with E-state index in [1.807, 2.05) is 0 Å². The zero-order valence-electron chi connectivity index (χ0n) is 11.1. The lowest BCUT2D eigenvalue weighted by molar-refractivity contribution is 0.115. The molecule has 3 nitrogen and oxygen atoms in total. The first kappa shape index (κ1) is 15.3. The molecule has 0 aliphatic heterocycles. The lowest BCUT2D eigenvalue weighted by Gasteiger charge is -2.30. The van der Waals surface area contributed by atoms with Crippen LogP contribution in [-0.4, -0.2) is 37.3 Å². The van der Waals surface area contributed by atoms with Crippen LogP contribution >= 0.6 is 0 Å². The van der Waals surface area contributed by atoms with Gasteiger partial charge in [-0.25, -0.2) is 0 Å². The van der Waals surface area contributed by atoms with E-state index in [1.165, 1.54) is 12.5 Å². The Labute approximate surface area is 96.5 Å². The van der Waals surface area contributed by atoms with Gasteiger partial charge in [0.2, 0.25) is 0 Å². The molecule has 92 valence electrons. The van der Waals surface area contributed by atoms with E-state index in [0.29, 0.717) is 0 Å². The second kappa shape index (κ2) is 6.80. The molecule has 0 bridgehead atoms. The number of hydrogen-bond donors (Lipinski definition) is 0. The standard InChI is InChI=1S/C10H26O3Si2/c1-7-9-14(5,6)10-13-15(8-2,11-3)12-4/h7-10H2,1-6H3. The molecule has 0 N–H and O–H groups in total.